The van der Waals surface area contributed by atoms with E-state index in [1.807, 2.05) is 47.4 Å². The van der Waals surface area contributed by atoms with Crippen molar-refractivity contribution in [1.29, 1.82) is 0 Å². The Morgan fingerprint density at radius 1 is 1.09 bits per heavy atom. The van der Waals surface area contributed by atoms with Gasteiger partial charge in [0.25, 0.3) is 0 Å². The molecular formula is C34H40IN3O5. The Hall–Kier alpha value is -2.89. The maximum Gasteiger partial charge on any atom is 0.247 e. The van der Waals surface area contributed by atoms with E-state index in [0.29, 0.717) is 42.5 Å². The minimum atomic E-state index is -1.03. The molecule has 3 aliphatic carbocycles. The van der Waals surface area contributed by atoms with Crippen LogP contribution in [0, 0.1) is 21.3 Å². The fraction of sp³-hybridized carbons (Fsp3) is 0.471. The first-order valence-electron chi connectivity index (χ1n) is 15.4. The van der Waals surface area contributed by atoms with E-state index in [1.54, 1.807) is 6.08 Å². The predicted molar refractivity (Wildman–Crippen MR) is 173 cm³/mol. The summed E-state index contributed by atoms with van der Waals surface area (Å²) in [4.78, 5) is 32.7. The van der Waals surface area contributed by atoms with Crippen molar-refractivity contribution in [1.82, 2.24) is 15.2 Å². The van der Waals surface area contributed by atoms with E-state index in [9.17, 15) is 19.8 Å². The van der Waals surface area contributed by atoms with Crippen LogP contribution in [0.5, 0.6) is 5.75 Å². The zero-order valence-corrected chi connectivity index (χ0v) is 26.4. The normalized spacial score (nSPS) is 26.3. The number of rotatable bonds is 11. The van der Waals surface area contributed by atoms with Gasteiger partial charge in [-0.25, -0.2) is 0 Å². The Morgan fingerprint density at radius 3 is 2.65 bits per heavy atom. The van der Waals surface area contributed by atoms with Crippen molar-refractivity contribution < 1.29 is 24.5 Å². The Bertz CT molecular complexity index is 1450. The number of H-pyrrole nitrogens is 1. The first-order valence-corrected chi connectivity index (χ1v) is 16.5. The minimum absolute atomic E-state index is 0.0303. The fourth-order valence-electron chi connectivity index (χ4n) is 7.42. The molecule has 1 aromatic heterocycles. The average Bonchev–Trinajstić information content (AvgIpc) is 3.74. The number of aliphatic hydroxyl groups is 2. The summed E-state index contributed by atoms with van der Waals surface area (Å²) in [6, 6.07) is 17.1. The molecule has 6 atom stereocenters. The van der Waals surface area contributed by atoms with Gasteiger partial charge in [0.1, 0.15) is 18.0 Å². The lowest BCUT2D eigenvalue weighted by molar-refractivity contribution is -0.140. The van der Waals surface area contributed by atoms with E-state index in [4.69, 9.17) is 4.74 Å². The van der Waals surface area contributed by atoms with Crippen LogP contribution >= 0.6 is 22.6 Å². The molecule has 2 aromatic carbocycles. The minimum Gasteiger partial charge on any atom is -0.482 e. The summed E-state index contributed by atoms with van der Waals surface area (Å²) in [5.74, 6) is 2.04. The molecule has 228 valence electrons. The Morgan fingerprint density at radius 2 is 1.91 bits per heavy atom. The van der Waals surface area contributed by atoms with E-state index < -0.39 is 18.2 Å². The van der Waals surface area contributed by atoms with Crippen molar-refractivity contribution in [2.75, 3.05) is 19.7 Å². The number of nitrogens with zero attached hydrogens (tertiary/aromatic N) is 1. The van der Waals surface area contributed by atoms with Crippen molar-refractivity contribution in [2.24, 2.45) is 17.8 Å². The van der Waals surface area contributed by atoms with E-state index in [1.165, 1.54) is 19.3 Å². The number of amides is 2. The smallest absolute Gasteiger partial charge is 0.247 e. The molecule has 2 fully saturated rings. The molecule has 2 saturated carbocycles. The zero-order chi connectivity index (χ0) is 29.9. The summed E-state index contributed by atoms with van der Waals surface area (Å²) >= 11 is 2.19. The van der Waals surface area contributed by atoms with Crippen molar-refractivity contribution in [3.05, 3.63) is 75.5 Å². The number of benzene rings is 2. The highest BCUT2D eigenvalue weighted by Crippen LogP contribution is 2.49. The highest BCUT2D eigenvalue weighted by atomic mass is 127. The van der Waals surface area contributed by atoms with Gasteiger partial charge in [-0.1, -0.05) is 36.8 Å². The molecule has 3 aromatic rings. The van der Waals surface area contributed by atoms with Gasteiger partial charge in [-0.2, -0.15) is 0 Å². The molecule has 43 heavy (non-hydrogen) atoms. The molecule has 0 aliphatic heterocycles. The number of aromatic nitrogens is 1. The number of hydrogen-bond acceptors (Lipinski definition) is 5. The highest BCUT2D eigenvalue weighted by molar-refractivity contribution is 14.1. The third-order valence-corrected chi connectivity index (χ3v) is 10.5. The molecule has 6 rings (SSSR count). The van der Waals surface area contributed by atoms with Crippen LogP contribution < -0.4 is 10.1 Å². The van der Waals surface area contributed by atoms with Gasteiger partial charge in [0.15, 0.2) is 0 Å². The maximum absolute atomic E-state index is 14.2. The number of aliphatic hydroxyl groups excluding tert-OH is 2. The molecule has 2 amide bonds. The van der Waals surface area contributed by atoms with Crippen LogP contribution in [0.1, 0.15) is 44.2 Å². The molecular weight excluding hydrogens is 657 g/mol. The summed E-state index contributed by atoms with van der Waals surface area (Å²) in [7, 11) is 0. The second-order valence-corrected chi connectivity index (χ2v) is 13.5. The summed E-state index contributed by atoms with van der Waals surface area (Å²) < 4.78 is 7.20. The van der Waals surface area contributed by atoms with E-state index >= 15 is 0 Å². The number of para-hydroxylation sites is 2. The third kappa shape index (κ3) is 6.78. The lowest BCUT2D eigenvalue weighted by atomic mass is 9.84. The van der Waals surface area contributed by atoms with Gasteiger partial charge in [-0.05, 0) is 95.3 Å². The van der Waals surface area contributed by atoms with Crippen LogP contribution in [-0.4, -0.2) is 69.9 Å². The number of ether oxygens (including phenoxy) is 1. The molecule has 4 N–H and O–H groups in total. The van der Waals surface area contributed by atoms with Gasteiger partial charge in [0, 0.05) is 49.1 Å². The summed E-state index contributed by atoms with van der Waals surface area (Å²) in [6.45, 7) is 0.361. The monoisotopic (exact) mass is 697 g/mol. The molecule has 1 heterocycles. The van der Waals surface area contributed by atoms with Crippen molar-refractivity contribution in [2.45, 2.75) is 63.2 Å². The quantitative estimate of drug-likeness (QED) is 0.219. The second kappa shape index (κ2) is 13.4. The van der Waals surface area contributed by atoms with Crippen LogP contribution in [0.4, 0.5) is 0 Å². The molecule has 9 heteroatoms. The standard InChI is InChI=1S/C34H40IN3O5/c35-27-6-2-4-8-30(27)43-31-19-25(34(42)36-12-14-39)18-29(33(31)41)38(32(40)20-24-16-21-9-10-22(24)15-21)13-11-26-17-23-5-1-3-7-28(23)37-26/h1-8,17,19,21-22,24,29,31,33,37,39,41H,9-16,18,20H2,(H,36,42). The number of carbonyl (C=O) groups excluding carboxylic acids is 2. The summed E-state index contributed by atoms with van der Waals surface area (Å²) in [6.07, 6.45) is 5.89. The highest BCUT2D eigenvalue weighted by Gasteiger charge is 2.44. The van der Waals surface area contributed by atoms with Crippen LogP contribution in [0.3, 0.4) is 0 Å². The number of hydrogen-bond donors (Lipinski definition) is 4. The summed E-state index contributed by atoms with van der Waals surface area (Å²) in [5, 5.41) is 25.0. The van der Waals surface area contributed by atoms with Crippen molar-refractivity contribution in [3.8, 4) is 5.75 Å². The SMILES string of the molecule is O=C(NCCO)C1=CC(Oc2ccccc2I)C(O)C(N(CCc2cc3ccccc3[nH]2)C(=O)CC2CC3CCC2C3)C1. The topological polar surface area (TPSA) is 115 Å². The van der Waals surface area contributed by atoms with Crippen molar-refractivity contribution in [3.63, 3.8) is 0 Å². The van der Waals surface area contributed by atoms with E-state index in [0.717, 1.165) is 32.5 Å². The number of halogens is 1. The zero-order valence-electron chi connectivity index (χ0n) is 24.3. The molecule has 6 unspecified atom stereocenters. The molecule has 8 nitrogen and oxygen atoms in total. The number of fused-ring (bicyclic) bond motifs is 3. The van der Waals surface area contributed by atoms with Crippen molar-refractivity contribution >= 4 is 45.3 Å². The van der Waals surface area contributed by atoms with Crippen LogP contribution in [-0.2, 0) is 16.0 Å². The molecule has 0 radical (unpaired) electrons. The van der Waals surface area contributed by atoms with Gasteiger partial charge in [-0.3, -0.25) is 9.59 Å². The Balaban J connectivity index is 1.28. The fourth-order valence-corrected chi connectivity index (χ4v) is 7.93. The molecule has 3 aliphatic rings. The Kier molecular flexibility index (Phi) is 9.39. The van der Waals surface area contributed by atoms with Crippen LogP contribution in [0.25, 0.3) is 10.9 Å². The number of aromatic amines is 1. The van der Waals surface area contributed by atoms with Crippen LogP contribution in [0.2, 0.25) is 0 Å². The van der Waals surface area contributed by atoms with Gasteiger partial charge < -0.3 is 30.2 Å². The Labute approximate surface area is 266 Å². The maximum atomic E-state index is 14.2. The largest absolute Gasteiger partial charge is 0.482 e. The lowest BCUT2D eigenvalue weighted by Gasteiger charge is -2.41. The average molecular weight is 698 g/mol. The summed E-state index contributed by atoms with van der Waals surface area (Å²) in [5.41, 5.74) is 2.52. The molecule has 0 saturated heterocycles. The first-order chi connectivity index (χ1) is 20.9. The lowest BCUT2D eigenvalue weighted by Crippen LogP contribution is -2.55. The second-order valence-electron chi connectivity index (χ2n) is 12.3. The van der Waals surface area contributed by atoms with Gasteiger partial charge in [0.2, 0.25) is 11.8 Å². The van der Waals surface area contributed by atoms with Crippen LogP contribution in [0.15, 0.2) is 66.2 Å². The first kappa shape index (κ1) is 30.1. The van der Waals surface area contributed by atoms with Gasteiger partial charge in [-0.15, -0.1) is 0 Å². The van der Waals surface area contributed by atoms with Gasteiger partial charge >= 0.3 is 0 Å². The number of nitrogens with one attached hydrogen (secondary N) is 2. The van der Waals surface area contributed by atoms with E-state index in [-0.39, 0.29) is 31.4 Å². The van der Waals surface area contributed by atoms with Gasteiger partial charge in [0.05, 0.1) is 16.2 Å². The molecule has 0 spiro atoms. The number of carbonyl (C=O) groups is 2. The molecule has 2 bridgehead atoms. The van der Waals surface area contributed by atoms with E-state index in [2.05, 4.69) is 45.0 Å². The predicted octanol–water partition coefficient (Wildman–Crippen LogP) is 4.59. The third-order valence-electron chi connectivity index (χ3n) is 9.56.